The molecule has 2 heterocycles. The highest BCUT2D eigenvalue weighted by molar-refractivity contribution is 5.76. The highest BCUT2D eigenvalue weighted by atomic mass is 16.5. The van der Waals surface area contributed by atoms with Crippen LogP contribution in [0.25, 0.3) is 0 Å². The Bertz CT molecular complexity index is 774. The lowest BCUT2D eigenvalue weighted by atomic mass is 9.95. The number of amides is 1. The van der Waals surface area contributed by atoms with Crippen molar-refractivity contribution in [1.29, 1.82) is 0 Å². The fourth-order valence-electron chi connectivity index (χ4n) is 3.05. The number of benzene rings is 1. The molecule has 1 aliphatic rings. The summed E-state index contributed by atoms with van der Waals surface area (Å²) in [5.74, 6) is 1.57. The van der Waals surface area contributed by atoms with E-state index in [0.29, 0.717) is 26.2 Å². The molecule has 1 aliphatic heterocycles. The Morgan fingerprint density at radius 2 is 2.07 bits per heavy atom. The monoisotopic (exact) mass is 373 g/mol. The Labute approximate surface area is 159 Å². The predicted molar refractivity (Wildman–Crippen MR) is 101 cm³/mol. The summed E-state index contributed by atoms with van der Waals surface area (Å²) in [6, 6.07) is 5.71. The van der Waals surface area contributed by atoms with E-state index in [2.05, 4.69) is 29.5 Å². The van der Waals surface area contributed by atoms with E-state index in [1.807, 2.05) is 18.2 Å². The van der Waals surface area contributed by atoms with Crippen LogP contribution in [0, 0.1) is 5.92 Å². The van der Waals surface area contributed by atoms with Crippen molar-refractivity contribution >= 4 is 5.91 Å². The van der Waals surface area contributed by atoms with Gasteiger partial charge in [0.05, 0.1) is 24.9 Å². The van der Waals surface area contributed by atoms with Gasteiger partial charge in [0.25, 0.3) is 0 Å². The van der Waals surface area contributed by atoms with Crippen LogP contribution < -0.4 is 20.5 Å². The zero-order valence-electron chi connectivity index (χ0n) is 15.9. The van der Waals surface area contributed by atoms with Gasteiger partial charge in [-0.3, -0.25) is 4.79 Å². The summed E-state index contributed by atoms with van der Waals surface area (Å²) in [5, 5.41) is 11.1. The summed E-state index contributed by atoms with van der Waals surface area (Å²) in [5.41, 5.74) is 7.29. The SMILES string of the molecule is CC(C)C(NC(=O)Cn1cc(CCN)nn1)c1ccc2c(c1)OCCCO2. The number of nitrogens with two attached hydrogens (primary N) is 1. The van der Waals surface area contributed by atoms with Gasteiger partial charge in [-0.15, -0.1) is 5.10 Å². The quantitative estimate of drug-likeness (QED) is 0.761. The Balaban J connectivity index is 1.69. The Kier molecular flexibility index (Phi) is 6.28. The summed E-state index contributed by atoms with van der Waals surface area (Å²) in [6.45, 7) is 6.05. The molecule has 0 aliphatic carbocycles. The molecule has 0 saturated carbocycles. The number of nitrogens with one attached hydrogen (secondary N) is 1. The molecule has 0 fully saturated rings. The highest BCUT2D eigenvalue weighted by Crippen LogP contribution is 2.34. The summed E-state index contributed by atoms with van der Waals surface area (Å²) in [7, 11) is 0. The maximum absolute atomic E-state index is 12.5. The molecule has 1 unspecified atom stereocenters. The number of ether oxygens (including phenoxy) is 2. The minimum absolute atomic E-state index is 0.116. The molecule has 146 valence electrons. The topological polar surface area (TPSA) is 104 Å². The number of nitrogens with zero attached hydrogens (tertiary/aromatic N) is 3. The summed E-state index contributed by atoms with van der Waals surface area (Å²) < 4.78 is 13.0. The number of carbonyl (C=O) groups is 1. The van der Waals surface area contributed by atoms with Gasteiger partial charge in [-0.05, 0) is 30.2 Å². The molecule has 3 rings (SSSR count). The second-order valence-corrected chi connectivity index (χ2v) is 6.99. The Hall–Kier alpha value is -2.61. The molecular formula is C19H27N5O3. The van der Waals surface area contributed by atoms with E-state index in [-0.39, 0.29) is 24.4 Å². The van der Waals surface area contributed by atoms with Gasteiger partial charge in [-0.25, -0.2) is 4.68 Å². The van der Waals surface area contributed by atoms with Crippen LogP contribution in [0.2, 0.25) is 0 Å². The van der Waals surface area contributed by atoms with E-state index in [9.17, 15) is 4.79 Å². The second-order valence-electron chi connectivity index (χ2n) is 6.99. The predicted octanol–water partition coefficient (Wildman–Crippen LogP) is 1.45. The molecule has 0 spiro atoms. The van der Waals surface area contributed by atoms with Crippen molar-refractivity contribution in [2.24, 2.45) is 11.7 Å². The number of hydrogen-bond acceptors (Lipinski definition) is 6. The Morgan fingerprint density at radius 1 is 1.30 bits per heavy atom. The van der Waals surface area contributed by atoms with Crippen molar-refractivity contribution in [3.05, 3.63) is 35.7 Å². The zero-order chi connectivity index (χ0) is 19.2. The molecule has 8 nitrogen and oxygen atoms in total. The molecule has 0 bridgehead atoms. The average Bonchev–Trinajstić information content (AvgIpc) is 2.93. The van der Waals surface area contributed by atoms with Gasteiger partial charge in [-0.1, -0.05) is 25.1 Å². The third kappa shape index (κ3) is 4.97. The van der Waals surface area contributed by atoms with Gasteiger partial charge in [-0.2, -0.15) is 0 Å². The maximum Gasteiger partial charge on any atom is 0.242 e. The average molecular weight is 373 g/mol. The lowest BCUT2D eigenvalue weighted by Gasteiger charge is -2.24. The van der Waals surface area contributed by atoms with E-state index in [1.54, 1.807) is 6.20 Å². The number of fused-ring (bicyclic) bond motifs is 1. The van der Waals surface area contributed by atoms with Crippen LogP contribution in [0.3, 0.4) is 0 Å². The van der Waals surface area contributed by atoms with E-state index >= 15 is 0 Å². The second kappa shape index (κ2) is 8.85. The maximum atomic E-state index is 12.5. The first-order valence-corrected chi connectivity index (χ1v) is 9.35. The van der Waals surface area contributed by atoms with Crippen molar-refractivity contribution in [2.45, 2.75) is 39.3 Å². The zero-order valence-corrected chi connectivity index (χ0v) is 15.9. The van der Waals surface area contributed by atoms with E-state index < -0.39 is 0 Å². The molecule has 3 N–H and O–H groups in total. The van der Waals surface area contributed by atoms with Crippen molar-refractivity contribution < 1.29 is 14.3 Å². The first kappa shape index (κ1) is 19.2. The normalized spacial score (nSPS) is 14.7. The minimum Gasteiger partial charge on any atom is -0.490 e. The number of rotatable bonds is 7. The molecule has 1 aromatic carbocycles. The van der Waals surface area contributed by atoms with Crippen molar-refractivity contribution in [1.82, 2.24) is 20.3 Å². The molecule has 1 aromatic heterocycles. The van der Waals surface area contributed by atoms with E-state index in [1.165, 1.54) is 4.68 Å². The van der Waals surface area contributed by atoms with Crippen LogP contribution in [-0.2, 0) is 17.8 Å². The lowest BCUT2D eigenvalue weighted by Crippen LogP contribution is -2.34. The van der Waals surface area contributed by atoms with E-state index in [4.69, 9.17) is 15.2 Å². The molecule has 27 heavy (non-hydrogen) atoms. The van der Waals surface area contributed by atoms with Crippen LogP contribution in [0.15, 0.2) is 24.4 Å². The molecule has 1 amide bonds. The van der Waals surface area contributed by atoms with Crippen LogP contribution in [0.5, 0.6) is 11.5 Å². The number of hydrogen-bond donors (Lipinski definition) is 2. The first-order valence-electron chi connectivity index (χ1n) is 9.35. The van der Waals surface area contributed by atoms with Crippen molar-refractivity contribution in [3.8, 4) is 11.5 Å². The van der Waals surface area contributed by atoms with Gasteiger partial charge >= 0.3 is 0 Å². The number of carbonyl (C=O) groups excluding carboxylic acids is 1. The molecular weight excluding hydrogens is 346 g/mol. The van der Waals surface area contributed by atoms with Gasteiger partial charge in [0.15, 0.2) is 11.5 Å². The van der Waals surface area contributed by atoms with Gasteiger partial charge in [0, 0.05) is 19.0 Å². The van der Waals surface area contributed by atoms with Crippen molar-refractivity contribution in [2.75, 3.05) is 19.8 Å². The molecule has 0 saturated heterocycles. The summed E-state index contributed by atoms with van der Waals surface area (Å²) in [6.07, 6.45) is 3.26. The fourth-order valence-corrected chi connectivity index (χ4v) is 3.05. The third-order valence-corrected chi connectivity index (χ3v) is 4.41. The highest BCUT2D eigenvalue weighted by Gasteiger charge is 2.21. The Morgan fingerprint density at radius 3 is 2.81 bits per heavy atom. The van der Waals surface area contributed by atoms with Crippen molar-refractivity contribution in [3.63, 3.8) is 0 Å². The fraction of sp³-hybridized carbons (Fsp3) is 0.526. The van der Waals surface area contributed by atoms with Crippen LogP contribution >= 0.6 is 0 Å². The largest absolute Gasteiger partial charge is 0.490 e. The lowest BCUT2D eigenvalue weighted by molar-refractivity contribution is -0.123. The number of aromatic nitrogens is 3. The van der Waals surface area contributed by atoms with Gasteiger partial charge in [0.2, 0.25) is 5.91 Å². The third-order valence-electron chi connectivity index (χ3n) is 4.41. The molecule has 0 radical (unpaired) electrons. The minimum atomic E-state index is -0.137. The molecule has 8 heteroatoms. The van der Waals surface area contributed by atoms with Crippen LogP contribution in [0.4, 0.5) is 0 Å². The first-order chi connectivity index (χ1) is 13.1. The standard InChI is InChI=1S/C19H27N5O3/c1-13(2)19(14-4-5-16-17(10-14)27-9-3-8-26-16)21-18(25)12-24-11-15(6-7-20)22-23-24/h4-5,10-11,13,19H,3,6-9,12,20H2,1-2H3,(H,21,25). The van der Waals surface area contributed by atoms with Crippen LogP contribution in [0.1, 0.15) is 37.6 Å². The van der Waals surface area contributed by atoms with E-state index in [0.717, 1.165) is 29.2 Å². The van der Waals surface area contributed by atoms with Gasteiger partial charge in [0.1, 0.15) is 6.54 Å². The molecule has 2 aromatic rings. The summed E-state index contributed by atoms with van der Waals surface area (Å²) in [4.78, 5) is 12.5. The van der Waals surface area contributed by atoms with Gasteiger partial charge < -0.3 is 20.5 Å². The van der Waals surface area contributed by atoms with Crippen LogP contribution in [-0.4, -0.2) is 40.7 Å². The summed E-state index contributed by atoms with van der Waals surface area (Å²) >= 11 is 0. The molecule has 1 atom stereocenters. The smallest absolute Gasteiger partial charge is 0.242 e.